The van der Waals surface area contributed by atoms with E-state index in [0.717, 1.165) is 18.7 Å². The molecule has 14 heavy (non-hydrogen) atoms. The second-order valence-electron chi connectivity index (χ2n) is 2.21. The Hall–Kier alpha value is 0.800. The molecule has 0 saturated heterocycles. The van der Waals surface area contributed by atoms with Crippen LogP contribution in [0.15, 0.2) is 30.9 Å². The van der Waals surface area contributed by atoms with Crippen LogP contribution in [0.2, 0.25) is 0 Å². The fourth-order valence-electron chi connectivity index (χ4n) is 0.818. The average molecular weight is 360 g/mol. The van der Waals surface area contributed by atoms with Gasteiger partial charge in [-0.3, -0.25) is 0 Å². The summed E-state index contributed by atoms with van der Waals surface area (Å²) in [6, 6.07) is 3.97. The molecule has 1 rings (SSSR count). The largest absolute Gasteiger partial charge is 0.314 e. The van der Waals surface area contributed by atoms with Gasteiger partial charge < -0.3 is 8.37 Å². The van der Waals surface area contributed by atoms with Crippen LogP contribution in [0, 0.1) is 0 Å². The Labute approximate surface area is 109 Å². The quantitative estimate of drug-likeness (QED) is 0.735. The zero-order chi connectivity index (χ0) is 10.6. The highest BCUT2D eigenvalue weighted by Gasteiger charge is 2.08. The fourth-order valence-corrected chi connectivity index (χ4v) is 3.17. The summed E-state index contributed by atoms with van der Waals surface area (Å²) < 4.78 is 12.0. The molecule has 0 saturated carbocycles. The molecule has 0 atom stereocenters. The molecule has 0 amide bonds. The highest BCUT2D eigenvalue weighted by molar-refractivity contribution is 9.11. The van der Waals surface area contributed by atoms with Crippen molar-refractivity contribution in [2.24, 2.45) is 0 Å². The third-order valence-electron chi connectivity index (χ3n) is 1.33. The van der Waals surface area contributed by atoms with E-state index in [0.29, 0.717) is 0 Å². The number of hydrogen-bond donors (Lipinski definition) is 0. The van der Waals surface area contributed by atoms with Crippen molar-refractivity contribution < 1.29 is 8.37 Å². The second-order valence-corrected chi connectivity index (χ2v) is 5.80. The molecule has 0 aromatic heterocycles. The van der Waals surface area contributed by atoms with Crippen LogP contribution in [0.25, 0.3) is 0 Å². The molecule has 0 aliphatic rings. The van der Waals surface area contributed by atoms with E-state index in [1.165, 1.54) is 24.1 Å². The molecular weight excluding hydrogens is 352 g/mol. The van der Waals surface area contributed by atoms with E-state index >= 15 is 0 Å². The maximum Gasteiger partial charge on any atom is 0.0508 e. The number of rotatable bonds is 4. The van der Waals surface area contributed by atoms with Gasteiger partial charge in [-0.15, -0.1) is 0 Å². The summed E-state index contributed by atoms with van der Waals surface area (Å²) in [6.07, 6.45) is 0. The Morgan fingerprint density at radius 1 is 0.929 bits per heavy atom. The summed E-state index contributed by atoms with van der Waals surface area (Å²) in [7, 11) is 3.28. The van der Waals surface area contributed by atoms with E-state index < -0.39 is 0 Å². The van der Waals surface area contributed by atoms with Gasteiger partial charge in [-0.2, -0.15) is 0 Å². The third-order valence-corrected chi connectivity index (χ3v) is 4.54. The number of hydrogen-bond acceptors (Lipinski definition) is 4. The summed E-state index contributed by atoms with van der Waals surface area (Å²) in [5.41, 5.74) is 0. The average Bonchev–Trinajstić information content (AvgIpc) is 2.14. The first kappa shape index (κ1) is 12.9. The maximum atomic E-state index is 4.99. The van der Waals surface area contributed by atoms with Crippen molar-refractivity contribution in [3.8, 4) is 0 Å². The van der Waals surface area contributed by atoms with Gasteiger partial charge in [0.15, 0.2) is 0 Å². The molecule has 1 aromatic carbocycles. The van der Waals surface area contributed by atoms with Crippen LogP contribution >= 0.6 is 55.9 Å². The molecule has 2 nitrogen and oxygen atoms in total. The van der Waals surface area contributed by atoms with Crippen LogP contribution in [0.5, 0.6) is 0 Å². The molecule has 0 aliphatic heterocycles. The maximum absolute atomic E-state index is 4.99. The summed E-state index contributed by atoms with van der Waals surface area (Å²) in [5.74, 6) is 0. The van der Waals surface area contributed by atoms with Crippen LogP contribution in [0.3, 0.4) is 0 Å². The molecular formula is C8H8Br2O2S2. The Bertz CT molecular complexity index is 289. The lowest BCUT2D eigenvalue weighted by molar-refractivity contribution is 0.488. The highest BCUT2D eigenvalue weighted by atomic mass is 79.9. The lowest BCUT2D eigenvalue weighted by atomic mass is 10.4. The van der Waals surface area contributed by atoms with Gasteiger partial charge in [0.05, 0.1) is 24.0 Å². The molecule has 0 N–H and O–H groups in total. The molecule has 0 heterocycles. The SMILES string of the molecule is COSc1cc(Br)c(SOC)cc1Br. The smallest absolute Gasteiger partial charge is 0.0508 e. The molecule has 6 heteroatoms. The Morgan fingerprint density at radius 3 is 1.57 bits per heavy atom. The van der Waals surface area contributed by atoms with Gasteiger partial charge in [0.2, 0.25) is 0 Å². The van der Waals surface area contributed by atoms with E-state index in [1.807, 2.05) is 12.1 Å². The zero-order valence-electron chi connectivity index (χ0n) is 7.54. The topological polar surface area (TPSA) is 18.5 Å². The van der Waals surface area contributed by atoms with Crippen molar-refractivity contribution in [2.75, 3.05) is 14.2 Å². The van der Waals surface area contributed by atoms with Crippen molar-refractivity contribution in [3.63, 3.8) is 0 Å². The molecule has 0 bridgehead atoms. The lowest BCUT2D eigenvalue weighted by Gasteiger charge is -2.06. The van der Waals surface area contributed by atoms with Crippen LogP contribution in [0.4, 0.5) is 0 Å². The first-order valence-electron chi connectivity index (χ1n) is 3.59. The van der Waals surface area contributed by atoms with Gasteiger partial charge in [-0.1, -0.05) is 0 Å². The lowest BCUT2D eigenvalue weighted by Crippen LogP contribution is -1.81. The van der Waals surface area contributed by atoms with Gasteiger partial charge >= 0.3 is 0 Å². The first-order chi connectivity index (χ1) is 6.69. The van der Waals surface area contributed by atoms with Crippen LogP contribution < -0.4 is 0 Å². The van der Waals surface area contributed by atoms with E-state index in [-0.39, 0.29) is 0 Å². The van der Waals surface area contributed by atoms with Gasteiger partial charge in [0.25, 0.3) is 0 Å². The normalized spacial score (nSPS) is 10.6. The predicted octanol–water partition coefficient (Wildman–Crippen LogP) is 4.52. The van der Waals surface area contributed by atoms with Crippen molar-refractivity contribution >= 4 is 55.9 Å². The fraction of sp³-hybridized carbons (Fsp3) is 0.250. The second kappa shape index (κ2) is 6.40. The minimum Gasteiger partial charge on any atom is -0.314 e. The van der Waals surface area contributed by atoms with E-state index in [4.69, 9.17) is 8.37 Å². The third kappa shape index (κ3) is 3.43. The summed E-state index contributed by atoms with van der Waals surface area (Å²) >= 11 is 9.56. The van der Waals surface area contributed by atoms with Crippen molar-refractivity contribution in [1.29, 1.82) is 0 Å². The summed E-state index contributed by atoms with van der Waals surface area (Å²) in [5, 5.41) is 0. The molecule has 0 aliphatic carbocycles. The minimum absolute atomic E-state index is 0.993. The highest BCUT2D eigenvalue weighted by Crippen LogP contribution is 2.37. The van der Waals surface area contributed by atoms with E-state index in [2.05, 4.69) is 31.9 Å². The van der Waals surface area contributed by atoms with Crippen molar-refractivity contribution in [3.05, 3.63) is 21.1 Å². The van der Waals surface area contributed by atoms with Gasteiger partial charge in [0.1, 0.15) is 0 Å². The number of halogens is 2. The molecule has 1 aromatic rings. The molecule has 0 radical (unpaired) electrons. The van der Waals surface area contributed by atoms with Crippen molar-refractivity contribution in [1.82, 2.24) is 0 Å². The van der Waals surface area contributed by atoms with Crippen LogP contribution in [-0.2, 0) is 8.37 Å². The van der Waals surface area contributed by atoms with E-state index in [1.54, 1.807) is 14.2 Å². The Morgan fingerprint density at radius 2 is 1.29 bits per heavy atom. The molecule has 0 spiro atoms. The van der Waals surface area contributed by atoms with E-state index in [9.17, 15) is 0 Å². The molecule has 78 valence electrons. The van der Waals surface area contributed by atoms with Gasteiger partial charge in [-0.05, 0) is 44.0 Å². The predicted molar refractivity (Wildman–Crippen MR) is 67.6 cm³/mol. The molecule has 0 fully saturated rings. The Kier molecular flexibility index (Phi) is 5.88. The Balaban J connectivity index is 2.97. The van der Waals surface area contributed by atoms with Gasteiger partial charge in [-0.25, -0.2) is 0 Å². The first-order valence-corrected chi connectivity index (χ1v) is 6.66. The number of benzene rings is 1. The summed E-state index contributed by atoms with van der Waals surface area (Å²) in [4.78, 5) is 2.06. The minimum atomic E-state index is 0.993. The molecule has 0 unspecified atom stereocenters. The zero-order valence-corrected chi connectivity index (χ0v) is 12.3. The monoisotopic (exact) mass is 358 g/mol. The van der Waals surface area contributed by atoms with Gasteiger partial charge in [0, 0.05) is 33.0 Å². The summed E-state index contributed by atoms with van der Waals surface area (Å²) in [6.45, 7) is 0. The van der Waals surface area contributed by atoms with Crippen LogP contribution in [-0.4, -0.2) is 14.2 Å². The standard InChI is InChI=1S/C8H8Br2O2S2/c1-11-13-7-3-6(10)8(14-12-2)4-5(7)9/h3-4H,1-2H3. The van der Waals surface area contributed by atoms with Crippen molar-refractivity contribution in [2.45, 2.75) is 9.79 Å². The van der Waals surface area contributed by atoms with Crippen LogP contribution in [0.1, 0.15) is 0 Å².